The Balaban J connectivity index is 1.94. The molecule has 0 aliphatic carbocycles. The van der Waals surface area contributed by atoms with Crippen molar-refractivity contribution in [3.63, 3.8) is 0 Å². The first-order valence-corrected chi connectivity index (χ1v) is 8.19. The van der Waals surface area contributed by atoms with E-state index in [2.05, 4.69) is 0 Å². The lowest BCUT2D eigenvalue weighted by Gasteiger charge is -2.14. The van der Waals surface area contributed by atoms with Crippen LogP contribution in [0, 0.1) is 0 Å². The Morgan fingerprint density at radius 1 is 1.00 bits per heavy atom. The summed E-state index contributed by atoms with van der Waals surface area (Å²) < 4.78 is 4.84. The van der Waals surface area contributed by atoms with Crippen LogP contribution in [0.3, 0.4) is 0 Å². The molecule has 2 amide bonds. The number of ether oxygens (including phenoxy) is 1. The third kappa shape index (κ3) is 3.21. The Morgan fingerprint density at radius 3 is 2.12 bits per heavy atom. The zero-order chi connectivity index (χ0) is 19.0. The quantitative estimate of drug-likeness (QED) is 0.587. The third-order valence-electron chi connectivity index (χ3n) is 3.67. The van der Waals surface area contributed by atoms with Gasteiger partial charge in [0.05, 0.1) is 32.4 Å². The molecule has 8 heteroatoms. The number of hydrogen-bond donors (Lipinski definition) is 0. The van der Waals surface area contributed by atoms with Crippen LogP contribution in [0.1, 0.15) is 38.0 Å². The second-order valence-electron chi connectivity index (χ2n) is 5.59. The predicted molar refractivity (Wildman–Crippen MR) is 95.0 cm³/mol. The standard InChI is InChI=1S/C18H11Cl2NO5/c1-9(22)8-26-18(25)10-3-2-4-11(5-10)21-16(23)12-6-14(19)15(20)7-13(12)17(21)24/h2-7H,8H2,1H3. The van der Waals surface area contributed by atoms with Crippen LogP contribution in [0.2, 0.25) is 10.0 Å². The highest BCUT2D eigenvalue weighted by Gasteiger charge is 2.37. The van der Waals surface area contributed by atoms with Gasteiger partial charge in [-0.25, -0.2) is 9.69 Å². The van der Waals surface area contributed by atoms with Gasteiger partial charge in [-0.05, 0) is 37.3 Å². The van der Waals surface area contributed by atoms with Crippen LogP contribution in [-0.4, -0.2) is 30.2 Å². The topological polar surface area (TPSA) is 80.8 Å². The maximum Gasteiger partial charge on any atom is 0.338 e. The number of benzene rings is 2. The summed E-state index contributed by atoms with van der Waals surface area (Å²) in [6.45, 7) is 0.936. The van der Waals surface area contributed by atoms with Gasteiger partial charge < -0.3 is 4.74 Å². The summed E-state index contributed by atoms with van der Waals surface area (Å²) in [4.78, 5) is 49.1. The molecule has 26 heavy (non-hydrogen) atoms. The number of imide groups is 1. The highest BCUT2D eigenvalue weighted by Crippen LogP contribution is 2.34. The number of halogens is 2. The van der Waals surface area contributed by atoms with Crippen molar-refractivity contribution in [2.45, 2.75) is 6.92 Å². The van der Waals surface area contributed by atoms with Crippen LogP contribution in [0.4, 0.5) is 5.69 Å². The van der Waals surface area contributed by atoms with Gasteiger partial charge in [-0.1, -0.05) is 29.3 Å². The number of rotatable bonds is 4. The molecule has 2 aromatic rings. The van der Waals surface area contributed by atoms with Crippen molar-refractivity contribution in [2.24, 2.45) is 0 Å². The first kappa shape index (κ1) is 18.1. The largest absolute Gasteiger partial charge is 0.454 e. The van der Waals surface area contributed by atoms with Crippen molar-refractivity contribution in [3.05, 3.63) is 63.1 Å². The van der Waals surface area contributed by atoms with Gasteiger partial charge in [0.1, 0.15) is 6.61 Å². The van der Waals surface area contributed by atoms with Gasteiger partial charge in [-0.15, -0.1) is 0 Å². The van der Waals surface area contributed by atoms with Gasteiger partial charge in [-0.3, -0.25) is 14.4 Å². The normalized spacial score (nSPS) is 13.0. The van der Waals surface area contributed by atoms with Crippen LogP contribution >= 0.6 is 23.2 Å². The van der Waals surface area contributed by atoms with Crippen molar-refractivity contribution in [3.8, 4) is 0 Å². The molecular formula is C18H11Cl2NO5. The smallest absolute Gasteiger partial charge is 0.338 e. The molecule has 0 fully saturated rings. The molecule has 0 saturated carbocycles. The molecule has 2 aromatic carbocycles. The van der Waals surface area contributed by atoms with Crippen molar-refractivity contribution >= 4 is 52.5 Å². The molecule has 0 bridgehead atoms. The zero-order valence-corrected chi connectivity index (χ0v) is 14.9. The van der Waals surface area contributed by atoms with Crippen LogP contribution in [0.25, 0.3) is 0 Å². The average Bonchev–Trinajstić information content (AvgIpc) is 2.84. The Labute approximate surface area is 158 Å². The number of anilines is 1. The minimum atomic E-state index is -0.732. The summed E-state index contributed by atoms with van der Waals surface area (Å²) in [5.74, 6) is -2.18. The predicted octanol–water partition coefficient (Wildman–Crippen LogP) is 3.54. The van der Waals surface area contributed by atoms with E-state index in [9.17, 15) is 19.2 Å². The highest BCUT2D eigenvalue weighted by molar-refractivity contribution is 6.44. The summed E-state index contributed by atoms with van der Waals surface area (Å²) in [7, 11) is 0. The van der Waals surface area contributed by atoms with Gasteiger partial charge in [0.15, 0.2) is 5.78 Å². The Bertz CT molecular complexity index is 929. The Kier molecular flexibility index (Phi) is 4.80. The molecule has 6 nitrogen and oxygen atoms in total. The summed E-state index contributed by atoms with van der Waals surface area (Å²) in [6.07, 6.45) is 0. The van der Waals surface area contributed by atoms with Crippen molar-refractivity contribution < 1.29 is 23.9 Å². The molecule has 3 rings (SSSR count). The highest BCUT2D eigenvalue weighted by atomic mass is 35.5. The van der Waals surface area contributed by atoms with E-state index in [1.54, 1.807) is 0 Å². The van der Waals surface area contributed by atoms with Crippen molar-refractivity contribution in [1.82, 2.24) is 0 Å². The molecule has 1 aliphatic rings. The fourth-order valence-corrected chi connectivity index (χ4v) is 2.82. The first-order chi connectivity index (χ1) is 12.3. The molecule has 0 radical (unpaired) electrons. The van der Waals surface area contributed by atoms with Gasteiger partial charge >= 0.3 is 5.97 Å². The monoisotopic (exact) mass is 391 g/mol. The van der Waals surface area contributed by atoms with Gasteiger partial charge in [0.2, 0.25) is 0 Å². The lowest BCUT2D eigenvalue weighted by molar-refractivity contribution is -0.120. The number of fused-ring (bicyclic) bond motifs is 1. The van der Waals surface area contributed by atoms with E-state index < -0.39 is 17.8 Å². The molecule has 132 valence electrons. The molecule has 0 atom stereocenters. The van der Waals surface area contributed by atoms with E-state index in [1.807, 2.05) is 0 Å². The molecule has 0 N–H and O–H groups in total. The Morgan fingerprint density at radius 2 is 1.58 bits per heavy atom. The van der Waals surface area contributed by atoms with Crippen LogP contribution in [0.15, 0.2) is 36.4 Å². The number of amides is 2. The van der Waals surface area contributed by atoms with Crippen LogP contribution in [-0.2, 0) is 9.53 Å². The maximum absolute atomic E-state index is 12.6. The minimum absolute atomic E-state index is 0.108. The molecule has 1 heterocycles. The van der Waals surface area contributed by atoms with Gasteiger partial charge in [-0.2, -0.15) is 0 Å². The van der Waals surface area contributed by atoms with E-state index in [4.69, 9.17) is 27.9 Å². The lowest BCUT2D eigenvalue weighted by atomic mass is 10.1. The molecule has 1 aliphatic heterocycles. The molecule has 0 spiro atoms. The van der Waals surface area contributed by atoms with E-state index >= 15 is 0 Å². The number of Topliss-reactive ketones (excluding diaryl/α,β-unsaturated/α-hetero) is 1. The van der Waals surface area contributed by atoms with E-state index in [0.29, 0.717) is 0 Å². The average molecular weight is 392 g/mol. The fourth-order valence-electron chi connectivity index (χ4n) is 2.49. The number of esters is 1. The molecule has 0 saturated heterocycles. The summed E-state index contributed by atoms with van der Waals surface area (Å²) in [5.41, 5.74) is 0.569. The van der Waals surface area contributed by atoms with Gasteiger partial charge in [0, 0.05) is 0 Å². The second-order valence-corrected chi connectivity index (χ2v) is 6.40. The summed E-state index contributed by atoms with van der Waals surface area (Å²) in [6, 6.07) is 8.48. The van der Waals surface area contributed by atoms with Crippen molar-refractivity contribution in [1.29, 1.82) is 0 Å². The third-order valence-corrected chi connectivity index (χ3v) is 4.40. The second kappa shape index (κ2) is 6.90. The van der Waals surface area contributed by atoms with Gasteiger partial charge in [0.25, 0.3) is 11.8 Å². The van der Waals surface area contributed by atoms with Crippen molar-refractivity contribution in [2.75, 3.05) is 11.5 Å². The van der Waals surface area contributed by atoms with Crippen LogP contribution in [0.5, 0.6) is 0 Å². The van der Waals surface area contributed by atoms with E-state index in [1.165, 1.54) is 43.3 Å². The molecule has 0 aromatic heterocycles. The number of nitrogens with zero attached hydrogens (tertiary/aromatic N) is 1. The SMILES string of the molecule is CC(=O)COC(=O)c1cccc(N2C(=O)c3cc(Cl)c(Cl)cc3C2=O)c1. The summed E-state index contributed by atoms with van der Waals surface area (Å²) >= 11 is 11.8. The number of carbonyl (C=O) groups excluding carboxylic acids is 4. The number of carbonyl (C=O) groups is 4. The molecule has 0 unspecified atom stereocenters. The lowest BCUT2D eigenvalue weighted by Crippen LogP contribution is -2.29. The Hall–Kier alpha value is -2.70. The van der Waals surface area contributed by atoms with E-state index in [-0.39, 0.29) is 44.8 Å². The zero-order valence-electron chi connectivity index (χ0n) is 13.4. The van der Waals surface area contributed by atoms with Crippen LogP contribution < -0.4 is 4.90 Å². The maximum atomic E-state index is 12.6. The first-order valence-electron chi connectivity index (χ1n) is 7.44. The minimum Gasteiger partial charge on any atom is -0.454 e. The summed E-state index contributed by atoms with van der Waals surface area (Å²) in [5, 5.41) is 0.324. The van der Waals surface area contributed by atoms with E-state index in [0.717, 1.165) is 4.90 Å². The fraction of sp³-hybridized carbons (Fsp3) is 0.111. The number of hydrogen-bond acceptors (Lipinski definition) is 5. The number of ketones is 1. The molecular weight excluding hydrogens is 381 g/mol.